The van der Waals surface area contributed by atoms with Crippen LogP contribution in [0, 0.1) is 0 Å². The Morgan fingerprint density at radius 1 is 1.33 bits per heavy atom. The van der Waals surface area contributed by atoms with E-state index in [1.54, 1.807) is 11.8 Å². The fourth-order valence-electron chi connectivity index (χ4n) is 1.22. The standard InChI is InChI=1S/C8H13F3N2OS/c9-8(10,11)6-12-7(14)5-13-1-3-15-4-2-13/h1-6H2,(H,12,14). The van der Waals surface area contributed by atoms with Crippen molar-refractivity contribution in [3.63, 3.8) is 0 Å². The number of nitrogens with zero attached hydrogens (tertiary/aromatic N) is 1. The number of thioether (sulfide) groups is 1. The van der Waals surface area contributed by atoms with Crippen molar-refractivity contribution in [1.29, 1.82) is 0 Å². The van der Waals surface area contributed by atoms with Crippen molar-refractivity contribution in [3.8, 4) is 0 Å². The van der Waals surface area contributed by atoms with Gasteiger partial charge < -0.3 is 5.32 Å². The summed E-state index contributed by atoms with van der Waals surface area (Å²) >= 11 is 1.79. The zero-order valence-corrected chi connectivity index (χ0v) is 8.96. The smallest absolute Gasteiger partial charge is 0.346 e. The van der Waals surface area contributed by atoms with Crippen molar-refractivity contribution in [2.45, 2.75) is 6.18 Å². The summed E-state index contributed by atoms with van der Waals surface area (Å²) in [5.41, 5.74) is 0. The topological polar surface area (TPSA) is 32.3 Å². The quantitative estimate of drug-likeness (QED) is 0.791. The molecule has 0 bridgehead atoms. The van der Waals surface area contributed by atoms with E-state index in [0.29, 0.717) is 0 Å². The van der Waals surface area contributed by atoms with Crippen molar-refractivity contribution < 1.29 is 18.0 Å². The fraction of sp³-hybridized carbons (Fsp3) is 0.875. The highest BCUT2D eigenvalue weighted by atomic mass is 32.2. The molecular formula is C8H13F3N2OS. The Hall–Kier alpha value is -0.430. The molecule has 1 aliphatic heterocycles. The number of hydrogen-bond acceptors (Lipinski definition) is 3. The molecule has 15 heavy (non-hydrogen) atoms. The second kappa shape index (κ2) is 5.60. The van der Waals surface area contributed by atoms with Crippen molar-refractivity contribution in [3.05, 3.63) is 0 Å². The minimum absolute atomic E-state index is 0.0661. The number of rotatable bonds is 3. The number of halogens is 3. The molecule has 7 heteroatoms. The zero-order valence-electron chi connectivity index (χ0n) is 8.14. The summed E-state index contributed by atoms with van der Waals surface area (Å²) in [5, 5.41) is 1.86. The first-order valence-electron chi connectivity index (χ1n) is 4.61. The summed E-state index contributed by atoms with van der Waals surface area (Å²) in [5.74, 6) is 1.32. The average Bonchev–Trinajstić information content (AvgIpc) is 2.15. The second-order valence-corrected chi connectivity index (χ2v) is 4.51. The van der Waals surface area contributed by atoms with Crippen LogP contribution in [0.4, 0.5) is 13.2 Å². The molecule has 1 rings (SSSR count). The van der Waals surface area contributed by atoms with Crippen LogP contribution in [0.5, 0.6) is 0 Å². The molecule has 1 heterocycles. The molecule has 0 saturated carbocycles. The zero-order chi connectivity index (χ0) is 11.3. The van der Waals surface area contributed by atoms with Gasteiger partial charge in [0.1, 0.15) is 6.54 Å². The fourth-order valence-corrected chi connectivity index (χ4v) is 2.20. The van der Waals surface area contributed by atoms with Gasteiger partial charge >= 0.3 is 6.18 Å². The molecule has 0 aromatic carbocycles. The van der Waals surface area contributed by atoms with Crippen LogP contribution in [0.2, 0.25) is 0 Å². The summed E-state index contributed by atoms with van der Waals surface area (Å²) in [6.07, 6.45) is -4.33. The van der Waals surface area contributed by atoms with E-state index < -0.39 is 18.6 Å². The van der Waals surface area contributed by atoms with E-state index in [0.717, 1.165) is 24.6 Å². The Kier molecular flexibility index (Phi) is 4.72. The van der Waals surface area contributed by atoms with Crippen LogP contribution in [-0.2, 0) is 4.79 Å². The summed E-state index contributed by atoms with van der Waals surface area (Å²) in [4.78, 5) is 13.0. The molecule has 88 valence electrons. The molecule has 0 spiro atoms. The molecular weight excluding hydrogens is 229 g/mol. The third-order valence-corrected chi connectivity index (χ3v) is 2.90. The minimum atomic E-state index is -4.33. The van der Waals surface area contributed by atoms with Gasteiger partial charge in [0, 0.05) is 24.6 Å². The molecule has 1 fully saturated rings. The maximum absolute atomic E-state index is 11.8. The van der Waals surface area contributed by atoms with Gasteiger partial charge in [0.25, 0.3) is 0 Å². The number of alkyl halides is 3. The van der Waals surface area contributed by atoms with Gasteiger partial charge in [-0.3, -0.25) is 9.69 Å². The van der Waals surface area contributed by atoms with Gasteiger partial charge in [-0.2, -0.15) is 24.9 Å². The van der Waals surface area contributed by atoms with Gasteiger partial charge in [-0.1, -0.05) is 0 Å². The number of nitrogens with one attached hydrogen (secondary N) is 1. The third kappa shape index (κ3) is 5.88. The first-order chi connectivity index (χ1) is 6.97. The van der Waals surface area contributed by atoms with Crippen LogP contribution in [0.1, 0.15) is 0 Å². The van der Waals surface area contributed by atoms with Crippen LogP contribution >= 0.6 is 11.8 Å². The Labute approximate surface area is 90.4 Å². The molecule has 1 saturated heterocycles. The lowest BCUT2D eigenvalue weighted by atomic mass is 10.4. The molecule has 0 aromatic heterocycles. The molecule has 1 N–H and O–H groups in total. The first-order valence-corrected chi connectivity index (χ1v) is 5.76. The van der Waals surface area contributed by atoms with Crippen LogP contribution in [0.15, 0.2) is 0 Å². The van der Waals surface area contributed by atoms with Gasteiger partial charge in [0.2, 0.25) is 5.91 Å². The summed E-state index contributed by atoms with van der Waals surface area (Å²) in [6.45, 7) is 0.360. The van der Waals surface area contributed by atoms with Gasteiger partial charge in [0.15, 0.2) is 0 Å². The maximum Gasteiger partial charge on any atom is 0.405 e. The predicted octanol–water partition coefficient (Wildman–Crippen LogP) is 0.714. The summed E-state index contributed by atoms with van der Waals surface area (Å²) in [6, 6.07) is 0. The van der Waals surface area contributed by atoms with Gasteiger partial charge in [-0.25, -0.2) is 0 Å². The molecule has 0 unspecified atom stereocenters. The molecule has 0 aliphatic carbocycles. The van der Waals surface area contributed by atoms with E-state index in [1.807, 2.05) is 10.2 Å². The van der Waals surface area contributed by atoms with Gasteiger partial charge in [-0.05, 0) is 0 Å². The first kappa shape index (κ1) is 12.6. The Morgan fingerprint density at radius 2 is 1.93 bits per heavy atom. The predicted molar refractivity (Wildman–Crippen MR) is 52.8 cm³/mol. The SMILES string of the molecule is O=C(CN1CCSCC1)NCC(F)(F)F. The number of hydrogen-bond donors (Lipinski definition) is 1. The maximum atomic E-state index is 11.8. The highest BCUT2D eigenvalue weighted by Gasteiger charge is 2.28. The van der Waals surface area contributed by atoms with E-state index in [9.17, 15) is 18.0 Å². The van der Waals surface area contributed by atoms with E-state index >= 15 is 0 Å². The van der Waals surface area contributed by atoms with Gasteiger partial charge in [0.05, 0.1) is 6.54 Å². The Morgan fingerprint density at radius 3 is 2.47 bits per heavy atom. The van der Waals surface area contributed by atoms with Crippen LogP contribution in [0.25, 0.3) is 0 Å². The van der Waals surface area contributed by atoms with Crippen molar-refractivity contribution >= 4 is 17.7 Å². The molecule has 1 amide bonds. The summed E-state index contributed by atoms with van der Waals surface area (Å²) < 4.78 is 35.3. The van der Waals surface area contributed by atoms with Crippen LogP contribution in [0.3, 0.4) is 0 Å². The van der Waals surface area contributed by atoms with Crippen molar-refractivity contribution in [2.75, 3.05) is 37.7 Å². The highest BCUT2D eigenvalue weighted by Crippen LogP contribution is 2.12. The van der Waals surface area contributed by atoms with E-state index in [4.69, 9.17) is 0 Å². The van der Waals surface area contributed by atoms with Gasteiger partial charge in [-0.15, -0.1) is 0 Å². The molecule has 0 aromatic rings. The molecule has 0 radical (unpaired) electrons. The average molecular weight is 242 g/mol. The number of amides is 1. The lowest BCUT2D eigenvalue weighted by molar-refractivity contribution is -0.139. The lowest BCUT2D eigenvalue weighted by Gasteiger charge is -2.25. The molecule has 3 nitrogen and oxygen atoms in total. The molecule has 0 atom stereocenters. The third-order valence-electron chi connectivity index (χ3n) is 1.96. The number of carbonyl (C=O) groups is 1. The lowest BCUT2D eigenvalue weighted by Crippen LogP contribution is -2.43. The largest absolute Gasteiger partial charge is 0.405 e. The van der Waals surface area contributed by atoms with Crippen LogP contribution < -0.4 is 5.32 Å². The van der Waals surface area contributed by atoms with Crippen molar-refractivity contribution in [2.24, 2.45) is 0 Å². The highest BCUT2D eigenvalue weighted by molar-refractivity contribution is 7.99. The van der Waals surface area contributed by atoms with E-state index in [1.165, 1.54) is 0 Å². The van der Waals surface area contributed by atoms with E-state index in [-0.39, 0.29) is 6.54 Å². The molecule has 1 aliphatic rings. The monoisotopic (exact) mass is 242 g/mol. The Bertz CT molecular complexity index is 216. The normalized spacial score (nSPS) is 18.9. The van der Waals surface area contributed by atoms with E-state index in [2.05, 4.69) is 0 Å². The minimum Gasteiger partial charge on any atom is -0.346 e. The summed E-state index contributed by atoms with van der Waals surface area (Å²) in [7, 11) is 0. The second-order valence-electron chi connectivity index (χ2n) is 3.28. The van der Waals surface area contributed by atoms with Crippen molar-refractivity contribution in [1.82, 2.24) is 10.2 Å². The Balaban J connectivity index is 2.17. The van der Waals surface area contributed by atoms with Crippen LogP contribution in [-0.4, -0.2) is 54.7 Å². The number of carbonyl (C=O) groups excluding carboxylic acids is 1.